The van der Waals surface area contributed by atoms with Gasteiger partial charge in [0.15, 0.2) is 4.90 Å². The van der Waals surface area contributed by atoms with E-state index in [0.29, 0.717) is 12.4 Å². The van der Waals surface area contributed by atoms with E-state index in [2.05, 4.69) is 9.71 Å². The molecule has 9 heteroatoms. The fourth-order valence-corrected chi connectivity index (χ4v) is 3.23. The topological polar surface area (TPSA) is 121 Å². The third-order valence-electron chi connectivity index (χ3n) is 3.43. The van der Waals surface area contributed by atoms with Crippen molar-refractivity contribution in [3.8, 4) is 5.75 Å². The highest BCUT2D eigenvalue weighted by atomic mass is 32.2. The molecular weight excluding hydrogens is 358 g/mol. The average molecular weight is 373 g/mol. The quantitative estimate of drug-likeness (QED) is 0.604. The van der Waals surface area contributed by atoms with Crippen LogP contribution in [0.15, 0.2) is 75.3 Å². The summed E-state index contributed by atoms with van der Waals surface area (Å²) >= 11 is 0. The molecule has 0 radical (unpaired) electrons. The van der Waals surface area contributed by atoms with Crippen molar-refractivity contribution < 1.29 is 13.2 Å². The van der Waals surface area contributed by atoms with Crippen LogP contribution in [0.5, 0.6) is 5.75 Å². The molecule has 8 nitrogen and oxygen atoms in total. The minimum absolute atomic E-state index is 0.252. The first kappa shape index (κ1) is 17.5. The lowest BCUT2D eigenvalue weighted by atomic mass is 10.2. The summed E-state index contributed by atoms with van der Waals surface area (Å²) in [6.07, 6.45) is 0.848. The molecule has 0 saturated heterocycles. The van der Waals surface area contributed by atoms with Gasteiger partial charge in [0.25, 0.3) is 15.6 Å². The van der Waals surface area contributed by atoms with Crippen molar-refractivity contribution in [1.82, 2.24) is 9.97 Å². The molecule has 0 saturated carbocycles. The first-order chi connectivity index (χ1) is 12.4. The van der Waals surface area contributed by atoms with Crippen LogP contribution >= 0.6 is 0 Å². The summed E-state index contributed by atoms with van der Waals surface area (Å²) < 4.78 is 32.4. The molecule has 0 aliphatic rings. The SMILES string of the molecule is O=c1[nH]cc(S(=O)(=O)Nc2ccc(OCc3ccccc3)cc2)c(=O)[nH]1. The number of anilines is 1. The lowest BCUT2D eigenvalue weighted by Crippen LogP contribution is -2.29. The zero-order chi connectivity index (χ0) is 18.6. The van der Waals surface area contributed by atoms with E-state index in [4.69, 9.17) is 4.74 Å². The summed E-state index contributed by atoms with van der Waals surface area (Å²) in [6, 6.07) is 15.8. The number of aromatic nitrogens is 2. The maximum Gasteiger partial charge on any atom is 0.325 e. The summed E-state index contributed by atoms with van der Waals surface area (Å²) in [5, 5.41) is 0. The van der Waals surface area contributed by atoms with Crippen molar-refractivity contribution >= 4 is 15.7 Å². The minimum Gasteiger partial charge on any atom is -0.489 e. The molecule has 1 aromatic heterocycles. The monoisotopic (exact) mass is 373 g/mol. The lowest BCUT2D eigenvalue weighted by molar-refractivity contribution is 0.306. The number of hydrogen-bond acceptors (Lipinski definition) is 5. The van der Waals surface area contributed by atoms with E-state index in [-0.39, 0.29) is 5.69 Å². The summed E-state index contributed by atoms with van der Waals surface area (Å²) in [7, 11) is -4.13. The molecule has 1 heterocycles. The summed E-state index contributed by atoms with van der Waals surface area (Å²) in [5.41, 5.74) is -0.518. The largest absolute Gasteiger partial charge is 0.489 e. The van der Waals surface area contributed by atoms with Crippen molar-refractivity contribution in [3.63, 3.8) is 0 Å². The van der Waals surface area contributed by atoms with Crippen LogP contribution in [-0.2, 0) is 16.6 Å². The minimum atomic E-state index is -4.13. The Hall–Kier alpha value is -3.33. The maximum atomic E-state index is 12.2. The Morgan fingerprint density at radius 1 is 0.962 bits per heavy atom. The van der Waals surface area contributed by atoms with Gasteiger partial charge in [-0.1, -0.05) is 30.3 Å². The summed E-state index contributed by atoms with van der Waals surface area (Å²) in [4.78, 5) is 26.0. The molecule has 0 aliphatic carbocycles. The Morgan fingerprint density at radius 2 is 1.65 bits per heavy atom. The molecule has 3 rings (SSSR count). The number of sulfonamides is 1. The van der Waals surface area contributed by atoms with Crippen LogP contribution in [0.3, 0.4) is 0 Å². The van der Waals surface area contributed by atoms with Crippen LogP contribution in [0.4, 0.5) is 5.69 Å². The van der Waals surface area contributed by atoms with Crippen LogP contribution in [0.25, 0.3) is 0 Å². The van der Waals surface area contributed by atoms with Crippen molar-refractivity contribution in [2.45, 2.75) is 11.5 Å². The van der Waals surface area contributed by atoms with Crippen LogP contribution in [0, 0.1) is 0 Å². The number of ether oxygens (including phenoxy) is 1. The molecular formula is C17H15N3O5S. The molecule has 2 aromatic carbocycles. The van der Waals surface area contributed by atoms with E-state index in [1.165, 1.54) is 12.1 Å². The molecule has 3 N–H and O–H groups in total. The highest BCUT2D eigenvalue weighted by Crippen LogP contribution is 2.19. The van der Waals surface area contributed by atoms with Gasteiger partial charge in [0, 0.05) is 11.9 Å². The van der Waals surface area contributed by atoms with E-state index < -0.39 is 26.2 Å². The molecule has 0 bridgehead atoms. The molecule has 0 fully saturated rings. The van der Waals surface area contributed by atoms with Crippen molar-refractivity contribution in [2.24, 2.45) is 0 Å². The number of hydrogen-bond donors (Lipinski definition) is 3. The van der Waals surface area contributed by atoms with Crippen LogP contribution in [-0.4, -0.2) is 18.4 Å². The standard InChI is InChI=1S/C17H15N3O5S/c21-16-15(10-18-17(22)19-16)26(23,24)20-13-6-8-14(9-7-13)25-11-12-4-2-1-3-5-12/h1-10,20H,11H2,(H2,18,19,21,22). The second-order valence-electron chi connectivity index (χ2n) is 5.34. The third kappa shape index (κ3) is 4.19. The third-order valence-corrected chi connectivity index (χ3v) is 4.82. The van der Waals surface area contributed by atoms with Gasteiger partial charge >= 0.3 is 5.69 Å². The smallest absolute Gasteiger partial charge is 0.325 e. The Labute approximate surface area is 148 Å². The van der Waals surface area contributed by atoms with Crippen molar-refractivity contribution in [1.29, 1.82) is 0 Å². The van der Waals surface area contributed by atoms with Gasteiger partial charge in [0.1, 0.15) is 12.4 Å². The van der Waals surface area contributed by atoms with E-state index >= 15 is 0 Å². The zero-order valence-corrected chi connectivity index (χ0v) is 14.2. The zero-order valence-electron chi connectivity index (χ0n) is 13.4. The van der Waals surface area contributed by atoms with E-state index in [1.54, 1.807) is 12.1 Å². The summed E-state index contributed by atoms with van der Waals surface area (Å²) in [5.74, 6) is 0.568. The Balaban J connectivity index is 1.70. The fraction of sp³-hybridized carbons (Fsp3) is 0.0588. The number of benzene rings is 2. The molecule has 0 spiro atoms. The molecule has 0 atom stereocenters. The van der Waals surface area contributed by atoms with E-state index in [1.807, 2.05) is 35.3 Å². The van der Waals surface area contributed by atoms with E-state index in [9.17, 15) is 18.0 Å². The Morgan fingerprint density at radius 3 is 2.31 bits per heavy atom. The number of nitrogens with one attached hydrogen (secondary N) is 3. The fourth-order valence-electron chi connectivity index (χ4n) is 2.17. The molecule has 3 aromatic rings. The highest BCUT2D eigenvalue weighted by molar-refractivity contribution is 7.92. The Kier molecular flexibility index (Phi) is 4.90. The molecule has 134 valence electrons. The van der Waals surface area contributed by atoms with Gasteiger partial charge in [-0.25, -0.2) is 13.2 Å². The number of rotatable bonds is 6. The van der Waals surface area contributed by atoms with Gasteiger partial charge in [-0.05, 0) is 29.8 Å². The number of H-pyrrole nitrogens is 2. The molecule has 26 heavy (non-hydrogen) atoms. The molecule has 0 unspecified atom stereocenters. The average Bonchev–Trinajstić information content (AvgIpc) is 2.61. The van der Waals surface area contributed by atoms with Crippen molar-refractivity contribution in [3.05, 3.63) is 87.2 Å². The van der Waals surface area contributed by atoms with Gasteiger partial charge in [0.05, 0.1) is 0 Å². The second-order valence-corrected chi connectivity index (χ2v) is 6.99. The van der Waals surface area contributed by atoms with Gasteiger partial charge in [0.2, 0.25) is 0 Å². The van der Waals surface area contributed by atoms with Gasteiger partial charge in [-0.15, -0.1) is 0 Å². The first-order valence-corrected chi connectivity index (χ1v) is 9.04. The van der Waals surface area contributed by atoms with E-state index in [0.717, 1.165) is 11.8 Å². The molecule has 0 aliphatic heterocycles. The summed E-state index contributed by atoms with van der Waals surface area (Å²) in [6.45, 7) is 0.388. The number of aromatic amines is 2. The van der Waals surface area contributed by atoms with Crippen LogP contribution in [0.1, 0.15) is 5.56 Å². The Bertz CT molecular complexity index is 1100. The highest BCUT2D eigenvalue weighted by Gasteiger charge is 2.18. The normalized spacial score (nSPS) is 11.1. The van der Waals surface area contributed by atoms with Crippen molar-refractivity contribution in [2.75, 3.05) is 4.72 Å². The lowest BCUT2D eigenvalue weighted by Gasteiger charge is -2.09. The first-order valence-electron chi connectivity index (χ1n) is 7.56. The van der Waals surface area contributed by atoms with Gasteiger partial charge in [-0.2, -0.15) is 0 Å². The van der Waals surface area contributed by atoms with Crippen LogP contribution in [0.2, 0.25) is 0 Å². The molecule has 0 amide bonds. The second kappa shape index (κ2) is 7.28. The predicted molar refractivity (Wildman–Crippen MR) is 95.7 cm³/mol. The van der Waals surface area contributed by atoms with Gasteiger partial charge < -0.3 is 9.72 Å². The predicted octanol–water partition coefficient (Wildman–Crippen LogP) is 1.44. The maximum absolute atomic E-state index is 12.2. The van der Waals surface area contributed by atoms with Crippen LogP contribution < -0.4 is 20.7 Å². The van der Waals surface area contributed by atoms with Gasteiger partial charge in [-0.3, -0.25) is 14.5 Å².